The van der Waals surface area contributed by atoms with Crippen molar-refractivity contribution in [3.63, 3.8) is 0 Å². The zero-order valence-corrected chi connectivity index (χ0v) is 10.7. The molecule has 0 aliphatic rings. The fraction of sp³-hybridized carbons (Fsp3) is 0.462. The largest absolute Gasteiger partial charge is 0.493 e. The van der Waals surface area contributed by atoms with Crippen molar-refractivity contribution in [2.45, 2.75) is 32.8 Å². The first kappa shape index (κ1) is 14.3. The first-order valence-corrected chi connectivity index (χ1v) is 5.69. The van der Waals surface area contributed by atoms with Gasteiger partial charge < -0.3 is 14.6 Å². The van der Waals surface area contributed by atoms with Gasteiger partial charge in [-0.3, -0.25) is 4.79 Å². The first-order chi connectivity index (χ1) is 8.43. The molecule has 0 bridgehead atoms. The van der Waals surface area contributed by atoms with Crippen LogP contribution in [0.3, 0.4) is 0 Å². The number of carbonyl (C=O) groups is 1. The highest BCUT2D eigenvalue weighted by molar-refractivity contribution is 5.67. The molecule has 18 heavy (non-hydrogen) atoms. The third-order valence-electron chi connectivity index (χ3n) is 2.28. The summed E-state index contributed by atoms with van der Waals surface area (Å²) in [5, 5.41) is 8.68. The van der Waals surface area contributed by atoms with E-state index in [0.717, 1.165) is 0 Å². The number of carboxylic acids is 1. The second-order valence-corrected chi connectivity index (χ2v) is 4.16. The van der Waals surface area contributed by atoms with Gasteiger partial charge in [-0.15, -0.1) is 0 Å². The van der Waals surface area contributed by atoms with Crippen LogP contribution in [-0.2, 0) is 11.2 Å². The van der Waals surface area contributed by atoms with Crippen LogP contribution in [0.5, 0.6) is 11.5 Å². The summed E-state index contributed by atoms with van der Waals surface area (Å²) in [5.41, 5.74) is 0.503. The standard InChI is InChI=1S/C13H17FO4/c1-8(2)18-13-9(4-5-12(15)16)6-10(14)7-11(13)17-3/h6-8H,4-5H2,1-3H3,(H,15,16). The van der Waals surface area contributed by atoms with Crippen molar-refractivity contribution < 1.29 is 23.8 Å². The minimum Gasteiger partial charge on any atom is -0.493 e. The van der Waals surface area contributed by atoms with Crippen molar-refractivity contribution in [1.29, 1.82) is 0 Å². The second kappa shape index (κ2) is 6.23. The average molecular weight is 256 g/mol. The summed E-state index contributed by atoms with van der Waals surface area (Å²) in [4.78, 5) is 10.6. The zero-order valence-electron chi connectivity index (χ0n) is 10.7. The summed E-state index contributed by atoms with van der Waals surface area (Å²) in [5.74, 6) is -0.712. The van der Waals surface area contributed by atoms with E-state index in [0.29, 0.717) is 11.3 Å². The van der Waals surface area contributed by atoms with Gasteiger partial charge in [0.1, 0.15) is 5.82 Å². The average Bonchev–Trinajstić information content (AvgIpc) is 2.28. The van der Waals surface area contributed by atoms with E-state index in [-0.39, 0.29) is 24.7 Å². The normalized spacial score (nSPS) is 10.5. The maximum absolute atomic E-state index is 13.4. The summed E-state index contributed by atoms with van der Waals surface area (Å²) in [6.07, 6.45) is 0.0139. The molecular formula is C13H17FO4. The van der Waals surface area contributed by atoms with Gasteiger partial charge in [-0.25, -0.2) is 4.39 Å². The molecule has 0 atom stereocenters. The molecule has 1 aromatic rings. The summed E-state index contributed by atoms with van der Waals surface area (Å²) in [6.45, 7) is 3.67. The quantitative estimate of drug-likeness (QED) is 0.850. The third kappa shape index (κ3) is 3.91. The molecule has 1 aromatic carbocycles. The molecule has 5 heteroatoms. The lowest BCUT2D eigenvalue weighted by Gasteiger charge is -2.17. The van der Waals surface area contributed by atoms with Gasteiger partial charge in [0.05, 0.1) is 13.2 Å². The lowest BCUT2D eigenvalue weighted by molar-refractivity contribution is -0.136. The Kier molecular flexibility index (Phi) is 4.95. The van der Waals surface area contributed by atoms with Gasteiger partial charge in [-0.2, -0.15) is 0 Å². The van der Waals surface area contributed by atoms with E-state index >= 15 is 0 Å². The molecule has 1 N–H and O–H groups in total. The van der Waals surface area contributed by atoms with E-state index in [2.05, 4.69) is 0 Å². The van der Waals surface area contributed by atoms with Crippen molar-refractivity contribution in [2.24, 2.45) is 0 Å². The number of methoxy groups -OCH3 is 1. The van der Waals surface area contributed by atoms with E-state index < -0.39 is 11.8 Å². The molecule has 0 spiro atoms. The van der Waals surface area contributed by atoms with Crippen LogP contribution in [0.4, 0.5) is 4.39 Å². The Hall–Kier alpha value is -1.78. The van der Waals surface area contributed by atoms with E-state index in [1.807, 2.05) is 13.8 Å². The van der Waals surface area contributed by atoms with Crippen LogP contribution < -0.4 is 9.47 Å². The second-order valence-electron chi connectivity index (χ2n) is 4.16. The van der Waals surface area contributed by atoms with Gasteiger partial charge in [0.2, 0.25) is 0 Å². The molecule has 0 amide bonds. The topological polar surface area (TPSA) is 55.8 Å². The highest BCUT2D eigenvalue weighted by Gasteiger charge is 2.15. The first-order valence-electron chi connectivity index (χ1n) is 5.69. The van der Waals surface area contributed by atoms with Crippen LogP contribution in [0.25, 0.3) is 0 Å². The number of aryl methyl sites for hydroxylation is 1. The molecular weight excluding hydrogens is 239 g/mol. The molecule has 0 aromatic heterocycles. The van der Waals surface area contributed by atoms with E-state index in [1.165, 1.54) is 19.2 Å². The molecule has 0 saturated carbocycles. The van der Waals surface area contributed by atoms with Gasteiger partial charge >= 0.3 is 5.97 Å². The Morgan fingerprint density at radius 3 is 2.61 bits per heavy atom. The molecule has 4 nitrogen and oxygen atoms in total. The minimum atomic E-state index is -0.936. The predicted octanol–water partition coefficient (Wildman–Crippen LogP) is 2.64. The monoisotopic (exact) mass is 256 g/mol. The van der Waals surface area contributed by atoms with Gasteiger partial charge in [0, 0.05) is 18.1 Å². The summed E-state index contributed by atoms with van der Waals surface area (Å²) < 4.78 is 24.0. The number of benzene rings is 1. The summed E-state index contributed by atoms with van der Waals surface area (Å²) >= 11 is 0. The van der Waals surface area contributed by atoms with Gasteiger partial charge in [-0.1, -0.05) is 0 Å². The predicted molar refractivity (Wildman–Crippen MR) is 64.7 cm³/mol. The van der Waals surface area contributed by atoms with Crippen LogP contribution in [-0.4, -0.2) is 24.3 Å². The van der Waals surface area contributed by atoms with E-state index in [4.69, 9.17) is 14.6 Å². The minimum absolute atomic E-state index is 0.0823. The van der Waals surface area contributed by atoms with Crippen LogP contribution in [0, 0.1) is 5.82 Å². The Morgan fingerprint density at radius 2 is 2.11 bits per heavy atom. The number of hydrogen-bond donors (Lipinski definition) is 1. The highest BCUT2D eigenvalue weighted by Crippen LogP contribution is 2.34. The number of rotatable bonds is 6. The number of hydrogen-bond acceptors (Lipinski definition) is 3. The van der Waals surface area contributed by atoms with Crippen LogP contribution >= 0.6 is 0 Å². The Morgan fingerprint density at radius 1 is 1.44 bits per heavy atom. The van der Waals surface area contributed by atoms with Crippen molar-refractivity contribution in [1.82, 2.24) is 0 Å². The maximum atomic E-state index is 13.4. The molecule has 0 saturated heterocycles. The molecule has 0 fully saturated rings. The molecule has 0 aliphatic carbocycles. The summed E-state index contributed by atoms with van der Waals surface area (Å²) in [6, 6.07) is 2.51. The van der Waals surface area contributed by atoms with Crippen molar-refractivity contribution in [3.8, 4) is 11.5 Å². The SMILES string of the molecule is COc1cc(F)cc(CCC(=O)O)c1OC(C)C. The van der Waals surface area contributed by atoms with Crippen LogP contribution in [0.2, 0.25) is 0 Å². The number of ether oxygens (including phenoxy) is 2. The number of aliphatic carboxylic acids is 1. The number of carboxylic acid groups (broad SMARTS) is 1. The molecule has 0 aliphatic heterocycles. The fourth-order valence-corrected chi connectivity index (χ4v) is 1.57. The lowest BCUT2D eigenvalue weighted by atomic mass is 10.1. The molecule has 0 radical (unpaired) electrons. The summed E-state index contributed by atoms with van der Waals surface area (Å²) in [7, 11) is 1.42. The Balaban J connectivity index is 3.10. The van der Waals surface area contributed by atoms with Crippen molar-refractivity contribution >= 4 is 5.97 Å². The number of halogens is 1. The van der Waals surface area contributed by atoms with E-state index in [1.54, 1.807) is 0 Å². The molecule has 1 rings (SSSR count). The molecule has 0 heterocycles. The Bertz CT molecular complexity index is 429. The van der Waals surface area contributed by atoms with Crippen LogP contribution in [0.1, 0.15) is 25.8 Å². The molecule has 100 valence electrons. The zero-order chi connectivity index (χ0) is 13.7. The smallest absolute Gasteiger partial charge is 0.303 e. The van der Waals surface area contributed by atoms with E-state index in [9.17, 15) is 9.18 Å². The fourth-order valence-electron chi connectivity index (χ4n) is 1.57. The maximum Gasteiger partial charge on any atom is 0.303 e. The third-order valence-corrected chi connectivity index (χ3v) is 2.28. The van der Waals surface area contributed by atoms with Gasteiger partial charge in [-0.05, 0) is 26.3 Å². The van der Waals surface area contributed by atoms with Crippen LogP contribution in [0.15, 0.2) is 12.1 Å². The molecule has 0 unspecified atom stereocenters. The Labute approximate surface area is 105 Å². The highest BCUT2D eigenvalue weighted by atomic mass is 19.1. The van der Waals surface area contributed by atoms with Crippen molar-refractivity contribution in [3.05, 3.63) is 23.5 Å². The lowest BCUT2D eigenvalue weighted by Crippen LogP contribution is -2.10. The van der Waals surface area contributed by atoms with Crippen molar-refractivity contribution in [2.75, 3.05) is 7.11 Å². The van der Waals surface area contributed by atoms with Gasteiger partial charge in [0.15, 0.2) is 11.5 Å². The van der Waals surface area contributed by atoms with Gasteiger partial charge in [0.25, 0.3) is 0 Å².